The molecule has 4 aromatic rings. The summed E-state index contributed by atoms with van der Waals surface area (Å²) in [6, 6.07) is 12.2. The van der Waals surface area contributed by atoms with E-state index < -0.39 is 6.61 Å². The predicted octanol–water partition coefficient (Wildman–Crippen LogP) is 4.89. The maximum Gasteiger partial charge on any atom is 0.387 e. The van der Waals surface area contributed by atoms with Gasteiger partial charge in [-0.05, 0) is 31.2 Å². The standard InChI is InChI=1S/C20H16F2N4O3S/c1-11-23-14-6-4-3-5-13(14)19(24-11)30-10-17-25-18(26-29-17)12-7-8-15(28-20(21)22)16(9-12)27-2/h3-9,20H,10H2,1-2H3. The Morgan fingerprint density at radius 3 is 2.70 bits per heavy atom. The van der Waals surface area contributed by atoms with Gasteiger partial charge in [0.15, 0.2) is 11.5 Å². The zero-order valence-electron chi connectivity index (χ0n) is 16.0. The number of methoxy groups -OCH3 is 1. The van der Waals surface area contributed by atoms with Gasteiger partial charge in [-0.1, -0.05) is 35.1 Å². The van der Waals surface area contributed by atoms with Crippen LogP contribution in [0.15, 0.2) is 52.0 Å². The average molecular weight is 430 g/mol. The Bertz CT molecular complexity index is 1190. The third kappa shape index (κ3) is 4.33. The second-order valence-corrected chi connectivity index (χ2v) is 7.10. The molecule has 10 heteroatoms. The lowest BCUT2D eigenvalue weighted by Gasteiger charge is -2.10. The monoisotopic (exact) mass is 430 g/mol. The van der Waals surface area contributed by atoms with Crippen LogP contribution in [0.4, 0.5) is 8.78 Å². The Balaban J connectivity index is 1.53. The lowest BCUT2D eigenvalue weighted by atomic mass is 10.2. The van der Waals surface area contributed by atoms with Crippen LogP contribution in [-0.4, -0.2) is 33.8 Å². The van der Waals surface area contributed by atoms with E-state index in [9.17, 15) is 8.78 Å². The zero-order chi connectivity index (χ0) is 21.1. The highest BCUT2D eigenvalue weighted by atomic mass is 32.2. The summed E-state index contributed by atoms with van der Waals surface area (Å²) in [5.41, 5.74) is 1.42. The van der Waals surface area contributed by atoms with Gasteiger partial charge in [0.1, 0.15) is 10.9 Å². The van der Waals surface area contributed by atoms with Crippen molar-refractivity contribution in [2.24, 2.45) is 0 Å². The summed E-state index contributed by atoms with van der Waals surface area (Å²) < 4.78 is 39.8. The molecule has 4 rings (SSSR count). The number of hydrogen-bond acceptors (Lipinski definition) is 8. The Kier molecular flexibility index (Phi) is 5.75. The van der Waals surface area contributed by atoms with Gasteiger partial charge in [0.25, 0.3) is 0 Å². The summed E-state index contributed by atoms with van der Waals surface area (Å²) in [5, 5.41) is 5.75. The predicted molar refractivity (Wildman–Crippen MR) is 107 cm³/mol. The molecule has 0 atom stereocenters. The summed E-state index contributed by atoms with van der Waals surface area (Å²) >= 11 is 1.47. The first-order valence-corrected chi connectivity index (χ1v) is 9.84. The van der Waals surface area contributed by atoms with E-state index in [1.165, 1.54) is 31.0 Å². The van der Waals surface area contributed by atoms with Crippen LogP contribution in [0.2, 0.25) is 0 Å². The van der Waals surface area contributed by atoms with E-state index in [2.05, 4.69) is 24.8 Å². The second-order valence-electron chi connectivity index (χ2n) is 6.14. The van der Waals surface area contributed by atoms with Crippen molar-refractivity contribution in [3.63, 3.8) is 0 Å². The molecule has 0 saturated carbocycles. The molecule has 0 amide bonds. The summed E-state index contributed by atoms with van der Waals surface area (Å²) in [5.74, 6) is 1.90. The van der Waals surface area contributed by atoms with Crippen molar-refractivity contribution in [2.45, 2.75) is 24.3 Å². The minimum Gasteiger partial charge on any atom is -0.493 e. The van der Waals surface area contributed by atoms with Crippen molar-refractivity contribution >= 4 is 22.7 Å². The number of nitrogens with zero attached hydrogens (tertiary/aromatic N) is 4. The highest BCUT2D eigenvalue weighted by molar-refractivity contribution is 7.98. The van der Waals surface area contributed by atoms with Gasteiger partial charge in [-0.2, -0.15) is 13.8 Å². The smallest absolute Gasteiger partial charge is 0.387 e. The third-order valence-corrected chi connectivity index (χ3v) is 5.09. The SMILES string of the molecule is COc1cc(-c2noc(CSc3nc(C)nc4ccccc34)n2)ccc1OC(F)F. The molecular weight excluding hydrogens is 414 g/mol. The first-order valence-electron chi connectivity index (χ1n) is 8.85. The number of ether oxygens (including phenoxy) is 2. The second kappa shape index (κ2) is 8.62. The number of aryl methyl sites for hydroxylation is 1. The Labute approximate surface area is 174 Å². The van der Waals surface area contributed by atoms with E-state index >= 15 is 0 Å². The van der Waals surface area contributed by atoms with Gasteiger partial charge in [-0.3, -0.25) is 0 Å². The molecule has 2 heterocycles. The molecule has 30 heavy (non-hydrogen) atoms. The number of fused-ring (bicyclic) bond motifs is 1. The molecule has 0 N–H and O–H groups in total. The number of benzene rings is 2. The summed E-state index contributed by atoms with van der Waals surface area (Å²) in [6.07, 6.45) is 0. The van der Waals surface area contributed by atoms with Crippen LogP contribution in [0.5, 0.6) is 11.5 Å². The highest BCUT2D eigenvalue weighted by Gasteiger charge is 2.15. The Morgan fingerprint density at radius 2 is 1.90 bits per heavy atom. The van der Waals surface area contributed by atoms with Crippen molar-refractivity contribution < 1.29 is 22.8 Å². The maximum absolute atomic E-state index is 12.5. The van der Waals surface area contributed by atoms with Gasteiger partial charge >= 0.3 is 6.61 Å². The molecule has 154 valence electrons. The first-order chi connectivity index (χ1) is 14.5. The fourth-order valence-electron chi connectivity index (χ4n) is 2.83. The zero-order valence-corrected chi connectivity index (χ0v) is 16.8. The molecule has 0 aliphatic carbocycles. The van der Waals surface area contributed by atoms with Crippen LogP contribution >= 0.6 is 11.8 Å². The van der Waals surface area contributed by atoms with Gasteiger partial charge in [0.2, 0.25) is 11.7 Å². The number of rotatable bonds is 7. The summed E-state index contributed by atoms with van der Waals surface area (Å²) in [6.45, 7) is -1.10. The van der Waals surface area contributed by atoms with Crippen molar-refractivity contribution in [3.05, 3.63) is 54.2 Å². The molecule has 0 saturated heterocycles. The quantitative estimate of drug-likeness (QED) is 0.303. The number of hydrogen-bond donors (Lipinski definition) is 0. The molecule has 0 unspecified atom stereocenters. The van der Waals surface area contributed by atoms with Crippen molar-refractivity contribution in [1.29, 1.82) is 0 Å². The van der Waals surface area contributed by atoms with Crippen LogP contribution in [0.25, 0.3) is 22.3 Å². The Morgan fingerprint density at radius 1 is 1.07 bits per heavy atom. The lowest BCUT2D eigenvalue weighted by molar-refractivity contribution is -0.0512. The van der Waals surface area contributed by atoms with E-state index in [4.69, 9.17) is 9.26 Å². The van der Waals surface area contributed by atoms with Gasteiger partial charge < -0.3 is 14.0 Å². The van der Waals surface area contributed by atoms with Gasteiger partial charge in [-0.25, -0.2) is 9.97 Å². The third-order valence-electron chi connectivity index (χ3n) is 4.12. The molecule has 0 aliphatic rings. The molecule has 0 aliphatic heterocycles. The van der Waals surface area contributed by atoms with Gasteiger partial charge in [0.05, 0.1) is 18.4 Å². The minimum atomic E-state index is -2.94. The molecule has 0 radical (unpaired) electrons. The van der Waals surface area contributed by atoms with Crippen molar-refractivity contribution in [2.75, 3.05) is 7.11 Å². The van der Waals surface area contributed by atoms with E-state index in [-0.39, 0.29) is 11.5 Å². The molecule has 0 spiro atoms. The normalized spacial score (nSPS) is 11.2. The minimum absolute atomic E-state index is 0.0680. The number of thioether (sulfide) groups is 1. The summed E-state index contributed by atoms with van der Waals surface area (Å²) in [7, 11) is 1.36. The van der Waals surface area contributed by atoms with E-state index in [0.717, 1.165) is 15.9 Å². The van der Waals surface area contributed by atoms with Crippen LogP contribution < -0.4 is 9.47 Å². The van der Waals surface area contributed by atoms with Crippen LogP contribution in [0.3, 0.4) is 0 Å². The summed E-state index contributed by atoms with van der Waals surface area (Å²) in [4.78, 5) is 13.3. The van der Waals surface area contributed by atoms with Crippen LogP contribution in [0, 0.1) is 6.92 Å². The van der Waals surface area contributed by atoms with Crippen molar-refractivity contribution in [1.82, 2.24) is 20.1 Å². The number of halogens is 2. The molecular formula is C20H16F2N4O3S. The highest BCUT2D eigenvalue weighted by Crippen LogP contribution is 2.33. The van der Waals surface area contributed by atoms with E-state index in [0.29, 0.717) is 28.9 Å². The molecule has 0 fully saturated rings. The van der Waals surface area contributed by atoms with Crippen LogP contribution in [0.1, 0.15) is 11.7 Å². The molecule has 2 aromatic carbocycles. The van der Waals surface area contributed by atoms with Crippen LogP contribution in [-0.2, 0) is 5.75 Å². The maximum atomic E-state index is 12.5. The molecule has 7 nitrogen and oxygen atoms in total. The number of para-hydroxylation sites is 1. The largest absolute Gasteiger partial charge is 0.493 e. The van der Waals surface area contributed by atoms with Gasteiger partial charge in [0, 0.05) is 10.9 Å². The topological polar surface area (TPSA) is 83.2 Å². The Hall–Kier alpha value is -3.27. The van der Waals surface area contributed by atoms with Crippen molar-refractivity contribution in [3.8, 4) is 22.9 Å². The number of aromatic nitrogens is 4. The fourth-order valence-corrected chi connectivity index (χ4v) is 3.73. The lowest BCUT2D eigenvalue weighted by Crippen LogP contribution is -2.03. The van der Waals surface area contributed by atoms with E-state index in [1.807, 2.05) is 31.2 Å². The molecule has 0 bridgehead atoms. The number of alkyl halides is 2. The average Bonchev–Trinajstić information content (AvgIpc) is 3.21. The fraction of sp³-hybridized carbons (Fsp3) is 0.200. The first kappa shape index (κ1) is 20.0. The van der Waals surface area contributed by atoms with Gasteiger partial charge in [-0.15, -0.1) is 0 Å². The van der Waals surface area contributed by atoms with E-state index in [1.54, 1.807) is 6.07 Å². The molecule has 2 aromatic heterocycles.